The summed E-state index contributed by atoms with van der Waals surface area (Å²) in [6.45, 7) is 8.23. The predicted octanol–water partition coefficient (Wildman–Crippen LogP) is 5.17. The van der Waals surface area contributed by atoms with Crippen LogP contribution in [0.15, 0.2) is 72.8 Å². The van der Waals surface area contributed by atoms with Gasteiger partial charge in [0, 0.05) is 25.3 Å². The summed E-state index contributed by atoms with van der Waals surface area (Å²) in [7, 11) is 1.59. The number of amides is 1. The number of methoxy groups -OCH3 is 1. The van der Waals surface area contributed by atoms with Crippen LogP contribution in [0.2, 0.25) is 0 Å². The first-order valence-corrected chi connectivity index (χ1v) is 11.4. The molecule has 0 spiro atoms. The molecule has 0 aromatic heterocycles. The minimum absolute atomic E-state index is 0.118. The molecule has 3 aromatic carbocycles. The molecule has 1 amide bonds. The normalized spacial score (nSPS) is 10.7. The van der Waals surface area contributed by atoms with E-state index in [9.17, 15) is 4.79 Å². The molecule has 0 aliphatic heterocycles. The zero-order valence-electron chi connectivity index (χ0n) is 19.6. The lowest BCUT2D eigenvalue weighted by Gasteiger charge is -2.18. The maximum Gasteiger partial charge on any atom is 0.255 e. The van der Waals surface area contributed by atoms with Crippen molar-refractivity contribution in [3.8, 4) is 17.2 Å². The van der Waals surface area contributed by atoms with Gasteiger partial charge < -0.3 is 25.0 Å². The van der Waals surface area contributed by atoms with Gasteiger partial charge in [-0.25, -0.2) is 0 Å². The molecule has 0 saturated heterocycles. The van der Waals surface area contributed by atoms with Crippen molar-refractivity contribution in [2.45, 2.75) is 20.4 Å². The number of nitrogens with zero attached hydrogens (tertiary/aromatic N) is 1. The Bertz CT molecular complexity index is 1000. The zero-order valence-corrected chi connectivity index (χ0v) is 19.6. The van der Waals surface area contributed by atoms with E-state index < -0.39 is 0 Å². The number of nitrogens with one attached hydrogen (secondary N) is 2. The quantitative estimate of drug-likeness (QED) is 0.401. The second-order valence-corrected chi connectivity index (χ2v) is 7.61. The summed E-state index contributed by atoms with van der Waals surface area (Å²) in [4.78, 5) is 14.9. The van der Waals surface area contributed by atoms with E-state index >= 15 is 0 Å². The third-order valence-electron chi connectivity index (χ3n) is 5.45. The molecule has 0 unspecified atom stereocenters. The lowest BCUT2D eigenvalue weighted by molar-refractivity contribution is 0.0946. The summed E-state index contributed by atoms with van der Waals surface area (Å²) in [6.07, 6.45) is 0. The monoisotopic (exact) mass is 447 g/mol. The zero-order chi connectivity index (χ0) is 23.5. The molecular formula is C27H33N3O3. The van der Waals surface area contributed by atoms with Crippen molar-refractivity contribution < 1.29 is 14.3 Å². The van der Waals surface area contributed by atoms with Gasteiger partial charge in [-0.2, -0.15) is 0 Å². The molecule has 6 nitrogen and oxygen atoms in total. The van der Waals surface area contributed by atoms with E-state index in [1.54, 1.807) is 7.11 Å². The summed E-state index contributed by atoms with van der Waals surface area (Å²) in [5, 5.41) is 6.38. The van der Waals surface area contributed by atoms with Crippen LogP contribution in [-0.2, 0) is 6.54 Å². The third-order valence-corrected chi connectivity index (χ3v) is 5.45. The Labute approximate surface area is 196 Å². The Balaban J connectivity index is 1.54. The number of benzene rings is 3. The molecule has 3 rings (SSSR count). The first-order chi connectivity index (χ1) is 16.1. The van der Waals surface area contributed by atoms with Gasteiger partial charge in [-0.15, -0.1) is 0 Å². The molecule has 0 aliphatic carbocycles. The Kier molecular flexibility index (Phi) is 9.15. The summed E-state index contributed by atoms with van der Waals surface area (Å²) >= 11 is 0. The van der Waals surface area contributed by atoms with Crippen molar-refractivity contribution >= 4 is 11.6 Å². The van der Waals surface area contributed by atoms with Gasteiger partial charge in [0.2, 0.25) is 0 Å². The number of ether oxygens (including phenoxy) is 2. The molecule has 33 heavy (non-hydrogen) atoms. The minimum atomic E-state index is -0.118. The van der Waals surface area contributed by atoms with Crippen molar-refractivity contribution in [3.05, 3.63) is 83.9 Å². The number of carbonyl (C=O) groups excluding carboxylic acids is 1. The van der Waals surface area contributed by atoms with Crippen LogP contribution >= 0.6 is 0 Å². The van der Waals surface area contributed by atoms with E-state index in [1.807, 2.05) is 72.8 Å². The highest BCUT2D eigenvalue weighted by Crippen LogP contribution is 2.24. The molecule has 174 valence electrons. The Hall–Kier alpha value is -3.51. The number of hydrogen-bond acceptors (Lipinski definition) is 5. The molecule has 6 heteroatoms. The molecular weight excluding hydrogens is 414 g/mol. The molecule has 0 bridgehead atoms. The molecule has 0 radical (unpaired) electrons. The van der Waals surface area contributed by atoms with Crippen molar-refractivity contribution in [3.63, 3.8) is 0 Å². The van der Waals surface area contributed by atoms with E-state index in [2.05, 4.69) is 29.4 Å². The Morgan fingerprint density at radius 3 is 2.27 bits per heavy atom. The standard InChI is InChI=1S/C27H33N3O3/c1-4-30(5-2)18-17-28-27(31)25-16-11-21(19-26(25)32-3)20-29-22-12-14-24(15-13-22)33-23-9-7-6-8-10-23/h6-16,19,29H,4-5,17-18,20H2,1-3H3,(H,28,31). The molecule has 0 atom stereocenters. The number of para-hydroxylation sites is 1. The second-order valence-electron chi connectivity index (χ2n) is 7.61. The van der Waals surface area contributed by atoms with E-state index in [0.29, 0.717) is 24.4 Å². The predicted molar refractivity (Wildman–Crippen MR) is 133 cm³/mol. The van der Waals surface area contributed by atoms with Crippen LogP contribution in [0.5, 0.6) is 17.2 Å². The molecule has 2 N–H and O–H groups in total. The van der Waals surface area contributed by atoms with Gasteiger partial charge in [-0.1, -0.05) is 38.1 Å². The first kappa shape index (κ1) is 24.1. The van der Waals surface area contributed by atoms with Gasteiger partial charge in [-0.3, -0.25) is 4.79 Å². The molecule has 3 aromatic rings. The van der Waals surface area contributed by atoms with E-state index in [1.165, 1.54) is 0 Å². The lowest BCUT2D eigenvalue weighted by Crippen LogP contribution is -2.34. The molecule has 0 fully saturated rings. The maximum absolute atomic E-state index is 12.6. The fourth-order valence-corrected chi connectivity index (χ4v) is 3.47. The van der Waals surface area contributed by atoms with Crippen LogP contribution in [0.1, 0.15) is 29.8 Å². The fraction of sp³-hybridized carbons (Fsp3) is 0.296. The van der Waals surface area contributed by atoms with Crippen molar-refractivity contribution in [1.29, 1.82) is 0 Å². The van der Waals surface area contributed by atoms with Gasteiger partial charge in [0.05, 0.1) is 12.7 Å². The number of carbonyl (C=O) groups is 1. The van der Waals surface area contributed by atoms with Crippen LogP contribution in [0.3, 0.4) is 0 Å². The van der Waals surface area contributed by atoms with E-state index in [0.717, 1.165) is 42.4 Å². The van der Waals surface area contributed by atoms with Gasteiger partial charge in [0.1, 0.15) is 17.2 Å². The van der Waals surface area contributed by atoms with Gasteiger partial charge >= 0.3 is 0 Å². The summed E-state index contributed by atoms with van der Waals surface area (Å²) in [6, 6.07) is 23.2. The first-order valence-electron chi connectivity index (χ1n) is 11.4. The smallest absolute Gasteiger partial charge is 0.255 e. The average Bonchev–Trinajstić information content (AvgIpc) is 2.86. The van der Waals surface area contributed by atoms with Gasteiger partial charge in [-0.05, 0) is 67.2 Å². The summed E-state index contributed by atoms with van der Waals surface area (Å²) < 4.78 is 11.3. The summed E-state index contributed by atoms with van der Waals surface area (Å²) in [5.74, 6) is 2.04. The van der Waals surface area contributed by atoms with E-state index in [4.69, 9.17) is 9.47 Å². The fourth-order valence-electron chi connectivity index (χ4n) is 3.47. The van der Waals surface area contributed by atoms with Crippen LogP contribution < -0.4 is 20.1 Å². The molecule has 0 heterocycles. The molecule has 0 aliphatic rings. The highest BCUT2D eigenvalue weighted by Gasteiger charge is 2.13. The number of anilines is 1. The van der Waals surface area contributed by atoms with Crippen molar-refractivity contribution in [2.24, 2.45) is 0 Å². The SMILES string of the molecule is CCN(CC)CCNC(=O)c1ccc(CNc2ccc(Oc3ccccc3)cc2)cc1OC. The molecule has 0 saturated carbocycles. The topological polar surface area (TPSA) is 62.8 Å². The van der Waals surface area contributed by atoms with Crippen molar-refractivity contribution in [1.82, 2.24) is 10.2 Å². The van der Waals surface area contributed by atoms with Crippen LogP contribution in [0, 0.1) is 0 Å². The highest BCUT2D eigenvalue weighted by atomic mass is 16.5. The number of rotatable bonds is 12. The maximum atomic E-state index is 12.6. The van der Waals surface area contributed by atoms with Gasteiger partial charge in [0.15, 0.2) is 0 Å². The minimum Gasteiger partial charge on any atom is -0.496 e. The third kappa shape index (κ3) is 7.26. The van der Waals surface area contributed by atoms with Crippen LogP contribution in [-0.4, -0.2) is 44.1 Å². The second kappa shape index (κ2) is 12.5. The van der Waals surface area contributed by atoms with Gasteiger partial charge in [0.25, 0.3) is 5.91 Å². The van der Waals surface area contributed by atoms with Crippen LogP contribution in [0.25, 0.3) is 0 Å². The lowest BCUT2D eigenvalue weighted by atomic mass is 10.1. The van der Waals surface area contributed by atoms with E-state index in [-0.39, 0.29) is 5.91 Å². The number of likely N-dealkylation sites (N-methyl/N-ethyl adjacent to an activating group) is 1. The Morgan fingerprint density at radius 2 is 1.61 bits per heavy atom. The Morgan fingerprint density at radius 1 is 0.909 bits per heavy atom. The largest absolute Gasteiger partial charge is 0.496 e. The van der Waals surface area contributed by atoms with Crippen LogP contribution in [0.4, 0.5) is 5.69 Å². The average molecular weight is 448 g/mol. The highest BCUT2D eigenvalue weighted by molar-refractivity contribution is 5.97. The summed E-state index contributed by atoms with van der Waals surface area (Å²) in [5.41, 5.74) is 2.55. The number of hydrogen-bond donors (Lipinski definition) is 2. The van der Waals surface area contributed by atoms with Crippen molar-refractivity contribution in [2.75, 3.05) is 38.6 Å².